The second kappa shape index (κ2) is 11.6. The van der Waals surface area contributed by atoms with Crippen molar-refractivity contribution in [2.24, 2.45) is 0 Å². The minimum atomic E-state index is 1.19. The first-order chi connectivity index (χ1) is 5.91. The van der Waals surface area contributed by atoms with Crippen LogP contribution in [-0.2, 0) is 0 Å². The van der Waals surface area contributed by atoms with Crippen molar-refractivity contribution in [3.8, 4) is 0 Å². The zero-order chi connectivity index (χ0) is 9.07. The van der Waals surface area contributed by atoms with E-state index in [9.17, 15) is 0 Å². The van der Waals surface area contributed by atoms with Crippen molar-refractivity contribution in [3.63, 3.8) is 0 Å². The van der Waals surface area contributed by atoms with E-state index in [-0.39, 0.29) is 0 Å². The maximum absolute atomic E-state index is 3.18. The van der Waals surface area contributed by atoms with Gasteiger partial charge < -0.3 is 5.23 Å². The van der Waals surface area contributed by atoms with Crippen LogP contribution in [0, 0.1) is 0 Å². The van der Waals surface area contributed by atoms with Crippen molar-refractivity contribution in [2.75, 3.05) is 7.05 Å². The highest BCUT2D eigenvalue weighted by Crippen LogP contribution is 1.56. The van der Waals surface area contributed by atoms with Gasteiger partial charge in [-0.3, -0.25) is 0 Å². The molecule has 0 aromatic rings. The SMILES string of the molecule is BBBBBBBBBBNC. The fraction of sp³-hybridized carbons (Fsp3) is 1.00. The maximum Gasteiger partial charge on any atom is 0.152 e. The van der Waals surface area contributed by atoms with Crippen LogP contribution in [0.15, 0.2) is 0 Å². The third kappa shape index (κ3) is 10.6. The minimum Gasteiger partial charge on any atom is -0.369 e. The summed E-state index contributed by atoms with van der Waals surface area (Å²) in [5, 5.41) is 3.18. The van der Waals surface area contributed by atoms with Gasteiger partial charge in [-0.15, -0.1) is 0 Å². The third-order valence-corrected chi connectivity index (χ3v) is 2.28. The zero-order valence-electron chi connectivity index (χ0n) is 8.86. The maximum atomic E-state index is 3.18. The van der Waals surface area contributed by atoms with Crippen molar-refractivity contribution >= 4 is 71.5 Å². The largest absolute Gasteiger partial charge is 0.369 e. The molecule has 0 heterocycles. The Hall–Kier alpha value is 0.609. The van der Waals surface area contributed by atoms with Gasteiger partial charge in [0.25, 0.3) is 0 Å². The summed E-state index contributed by atoms with van der Waals surface area (Å²) in [6, 6.07) is 0. The van der Waals surface area contributed by atoms with Crippen LogP contribution in [0.1, 0.15) is 0 Å². The van der Waals surface area contributed by atoms with Gasteiger partial charge >= 0.3 is 0 Å². The van der Waals surface area contributed by atoms with Crippen LogP contribution in [0.5, 0.6) is 0 Å². The van der Waals surface area contributed by atoms with Crippen molar-refractivity contribution in [3.05, 3.63) is 0 Å². The van der Waals surface area contributed by atoms with E-state index in [0.717, 1.165) is 0 Å². The lowest BCUT2D eigenvalue weighted by molar-refractivity contribution is 1.27. The highest BCUT2D eigenvalue weighted by atomic mass is 14.7. The number of rotatable bonds is 9. The third-order valence-electron chi connectivity index (χ3n) is 2.28. The van der Waals surface area contributed by atoms with Gasteiger partial charge in [-0.05, 0) is 7.05 Å². The highest BCUT2D eigenvalue weighted by molar-refractivity contribution is 7.68. The van der Waals surface area contributed by atoms with Gasteiger partial charge in [0.15, 0.2) is 7.31 Å². The Balaban J connectivity index is 2.73. The van der Waals surface area contributed by atoms with E-state index >= 15 is 0 Å². The van der Waals surface area contributed by atoms with E-state index in [1.165, 1.54) is 63.8 Å². The van der Waals surface area contributed by atoms with Crippen molar-refractivity contribution < 1.29 is 0 Å². The lowest BCUT2D eigenvalue weighted by Crippen LogP contribution is -2.34. The van der Waals surface area contributed by atoms with E-state index in [0.29, 0.717) is 0 Å². The average Bonchev–Trinajstić information content (AvgIpc) is 2.10. The van der Waals surface area contributed by atoms with Gasteiger partial charge in [0.1, 0.15) is 0 Å². The molecule has 0 aliphatic carbocycles. The summed E-state index contributed by atoms with van der Waals surface area (Å²) in [5.74, 6) is 0. The van der Waals surface area contributed by atoms with E-state index in [2.05, 4.69) is 13.0 Å². The molecule has 12 heavy (non-hydrogen) atoms. The van der Waals surface area contributed by atoms with Crippen LogP contribution in [0.25, 0.3) is 0 Å². The molecule has 0 radical (unpaired) electrons. The van der Waals surface area contributed by atoms with Crippen LogP contribution < -0.4 is 5.23 Å². The molecule has 54 valence electrons. The smallest absolute Gasteiger partial charge is 0.152 e. The van der Waals surface area contributed by atoms with Gasteiger partial charge in [-0.1, -0.05) is 0 Å². The molecular weight excluding hydrogens is 134 g/mol. The van der Waals surface area contributed by atoms with Crippen molar-refractivity contribution in [1.29, 1.82) is 0 Å². The van der Waals surface area contributed by atoms with Crippen LogP contribution in [0.2, 0.25) is 0 Å². The van der Waals surface area contributed by atoms with Gasteiger partial charge in [0.2, 0.25) is 0 Å². The van der Waals surface area contributed by atoms with Gasteiger partial charge in [0.05, 0.1) is 14.8 Å². The first-order valence-electron chi connectivity index (χ1n) is 5.56. The molecule has 1 N–H and O–H groups in total. The first-order valence-corrected chi connectivity index (χ1v) is 5.56. The molecular formula is CH15B10N. The number of hydrogen-bond acceptors (Lipinski definition) is 1. The van der Waals surface area contributed by atoms with E-state index in [1.54, 1.807) is 0 Å². The minimum absolute atomic E-state index is 1.19. The molecule has 0 aromatic carbocycles. The summed E-state index contributed by atoms with van der Waals surface area (Å²) in [7, 11) is 16.8. The summed E-state index contributed by atoms with van der Waals surface area (Å²) in [6.45, 7) is 0. The molecule has 0 amide bonds. The predicted octanol–water partition coefficient (Wildman–Crippen LogP) is -7.08. The van der Waals surface area contributed by atoms with Gasteiger partial charge in [-0.25, -0.2) is 0 Å². The fourth-order valence-corrected chi connectivity index (χ4v) is 1.44. The lowest BCUT2D eigenvalue weighted by atomic mass is 8.89. The van der Waals surface area contributed by atoms with E-state index < -0.39 is 0 Å². The summed E-state index contributed by atoms with van der Waals surface area (Å²) in [6.07, 6.45) is 0. The van der Waals surface area contributed by atoms with Gasteiger partial charge in [0, 0.05) is 49.4 Å². The van der Waals surface area contributed by atoms with Crippen LogP contribution >= 0.6 is 0 Å². The molecule has 11 heteroatoms. The summed E-state index contributed by atoms with van der Waals surface area (Å²) < 4.78 is 0. The summed E-state index contributed by atoms with van der Waals surface area (Å²) >= 11 is 0. The Morgan fingerprint density at radius 2 is 1.33 bits per heavy atom. The second-order valence-electron chi connectivity index (χ2n) is 3.58. The molecule has 0 saturated carbocycles. The Morgan fingerprint density at radius 1 is 0.833 bits per heavy atom. The Labute approximate surface area is 84.2 Å². The Morgan fingerprint density at radius 3 is 1.83 bits per heavy atom. The molecule has 0 rings (SSSR count). The fourth-order valence-electron chi connectivity index (χ4n) is 1.44. The second-order valence-corrected chi connectivity index (χ2v) is 3.58. The quantitative estimate of drug-likeness (QED) is 0.254. The Bertz CT molecular complexity index is 66.2. The first kappa shape index (κ1) is 12.6. The van der Waals surface area contributed by atoms with Gasteiger partial charge in [-0.2, -0.15) is 0 Å². The molecule has 1 nitrogen and oxygen atoms in total. The molecule has 0 saturated heterocycles. The monoisotopic (exact) mass is 151 g/mol. The molecule has 0 aliphatic heterocycles. The molecule has 0 atom stereocenters. The van der Waals surface area contributed by atoms with Crippen LogP contribution in [0.3, 0.4) is 0 Å². The number of nitrogens with one attached hydrogen (secondary N) is 1. The van der Waals surface area contributed by atoms with Crippen molar-refractivity contribution in [1.82, 2.24) is 5.23 Å². The Kier molecular flexibility index (Phi) is 12.2. The normalized spacial score (nSPS) is 7.42. The molecule has 0 aliphatic rings. The molecule has 0 spiro atoms. The topological polar surface area (TPSA) is 12.0 Å². The summed E-state index contributed by atoms with van der Waals surface area (Å²) in [5.41, 5.74) is 0. The molecule has 0 fully saturated rings. The molecule has 0 unspecified atom stereocenters. The lowest BCUT2D eigenvalue weighted by Gasteiger charge is -1.91. The van der Waals surface area contributed by atoms with E-state index in [1.807, 2.05) is 7.05 Å². The van der Waals surface area contributed by atoms with Crippen LogP contribution in [-0.4, -0.2) is 78.6 Å². The summed E-state index contributed by atoms with van der Waals surface area (Å²) in [4.78, 5) is 0. The highest BCUT2D eigenvalue weighted by Gasteiger charge is 1.99. The average molecular weight is 149 g/mol. The standard InChI is InChI=1S/CH15B10N/c1-12-11-10-9-8-7-6-5-4-3-2/h3-12H,2H2,1H3. The zero-order valence-corrected chi connectivity index (χ0v) is 8.86. The van der Waals surface area contributed by atoms with Crippen molar-refractivity contribution in [2.45, 2.75) is 0 Å². The van der Waals surface area contributed by atoms with Crippen LogP contribution in [0.4, 0.5) is 0 Å². The number of hydrogen-bond donors (Lipinski definition) is 1. The van der Waals surface area contributed by atoms with E-state index in [4.69, 9.17) is 0 Å². The molecule has 0 aromatic heterocycles. The predicted molar refractivity (Wildman–Crippen MR) is 81.9 cm³/mol. The molecule has 0 bridgehead atoms.